The topological polar surface area (TPSA) is 54.5 Å². The van der Waals surface area contributed by atoms with Crippen LogP contribution in [0, 0.1) is 23.0 Å². The molecule has 0 saturated heterocycles. The first-order chi connectivity index (χ1) is 14.4. The molecule has 4 rings (SSSR count). The summed E-state index contributed by atoms with van der Waals surface area (Å²) in [5.41, 5.74) is 2.93. The molecule has 0 fully saturated rings. The molecular weight excluding hydrogens is 382 g/mol. The Morgan fingerprint density at radius 1 is 0.933 bits per heavy atom. The molecule has 2 aromatic heterocycles. The molecule has 30 heavy (non-hydrogen) atoms. The van der Waals surface area contributed by atoms with E-state index in [0.717, 1.165) is 17.4 Å². The Morgan fingerprint density at radius 2 is 1.73 bits per heavy atom. The quantitative estimate of drug-likeness (QED) is 0.460. The number of nitrogens with zero attached hydrogens (tertiary/aromatic N) is 4. The lowest BCUT2D eigenvalue weighted by atomic mass is 9.85. The third-order valence-electron chi connectivity index (χ3n) is 5.07. The van der Waals surface area contributed by atoms with Crippen LogP contribution in [0.2, 0.25) is 0 Å². The molecule has 0 saturated carbocycles. The average molecular weight is 400 g/mol. The Hall–Kier alpha value is -3.85. The molecule has 0 spiro atoms. The van der Waals surface area contributed by atoms with Gasteiger partial charge in [0.05, 0.1) is 39.8 Å². The highest BCUT2D eigenvalue weighted by atomic mass is 19.1. The minimum Gasteiger partial charge on any atom is -0.252 e. The molecule has 0 aliphatic carbocycles. The van der Waals surface area contributed by atoms with E-state index < -0.39 is 17.0 Å². The second-order valence-electron chi connectivity index (χ2n) is 7.46. The Labute approximate surface area is 173 Å². The van der Waals surface area contributed by atoms with E-state index in [9.17, 15) is 8.78 Å². The highest BCUT2D eigenvalue weighted by Crippen LogP contribution is 2.31. The van der Waals surface area contributed by atoms with Crippen LogP contribution in [0.15, 0.2) is 72.9 Å². The third kappa shape index (κ3) is 3.58. The molecule has 0 aliphatic rings. The fraction of sp³-hybridized carbons (Fsp3) is 0.125. The molecule has 6 heteroatoms. The molecule has 4 aromatic rings. The van der Waals surface area contributed by atoms with Crippen molar-refractivity contribution in [1.29, 1.82) is 5.26 Å². The summed E-state index contributed by atoms with van der Waals surface area (Å²) in [6.07, 6.45) is 1.83. The van der Waals surface area contributed by atoms with Crippen molar-refractivity contribution in [2.24, 2.45) is 0 Å². The van der Waals surface area contributed by atoms with E-state index >= 15 is 0 Å². The predicted molar refractivity (Wildman–Crippen MR) is 110 cm³/mol. The van der Waals surface area contributed by atoms with Crippen molar-refractivity contribution < 1.29 is 8.78 Å². The third-order valence-corrected chi connectivity index (χ3v) is 5.07. The van der Waals surface area contributed by atoms with Gasteiger partial charge in [-0.25, -0.2) is 13.5 Å². The van der Waals surface area contributed by atoms with Crippen molar-refractivity contribution in [3.63, 3.8) is 0 Å². The summed E-state index contributed by atoms with van der Waals surface area (Å²) in [7, 11) is 0. The van der Waals surface area contributed by atoms with E-state index in [-0.39, 0.29) is 5.56 Å². The summed E-state index contributed by atoms with van der Waals surface area (Å²) in [6.45, 7) is 3.97. The number of aromatic nitrogens is 3. The lowest BCUT2D eigenvalue weighted by molar-refractivity contribution is 0.580. The molecule has 0 bridgehead atoms. The van der Waals surface area contributed by atoms with Crippen LogP contribution < -0.4 is 0 Å². The van der Waals surface area contributed by atoms with Crippen molar-refractivity contribution in [2.45, 2.75) is 19.3 Å². The van der Waals surface area contributed by atoms with Crippen LogP contribution in [-0.2, 0) is 5.41 Å². The molecule has 0 atom stereocenters. The zero-order chi connectivity index (χ0) is 21.3. The molecule has 148 valence electrons. The van der Waals surface area contributed by atoms with E-state index in [0.29, 0.717) is 17.0 Å². The maximum atomic E-state index is 14.2. The predicted octanol–water partition coefficient (Wildman–Crippen LogP) is 5.41. The van der Waals surface area contributed by atoms with E-state index in [1.54, 1.807) is 28.9 Å². The first-order valence-corrected chi connectivity index (χ1v) is 9.38. The van der Waals surface area contributed by atoms with E-state index in [4.69, 9.17) is 5.26 Å². The molecule has 0 amide bonds. The minimum atomic E-state index is -0.654. The van der Waals surface area contributed by atoms with Crippen LogP contribution in [0.4, 0.5) is 8.78 Å². The maximum Gasteiger partial charge on any atom is 0.135 e. The largest absolute Gasteiger partial charge is 0.252 e. The van der Waals surface area contributed by atoms with Gasteiger partial charge in [-0.05, 0) is 62.4 Å². The number of benzene rings is 2. The molecule has 0 radical (unpaired) electrons. The molecule has 0 N–H and O–H groups in total. The summed E-state index contributed by atoms with van der Waals surface area (Å²) in [4.78, 5) is 4.64. The van der Waals surface area contributed by atoms with Crippen molar-refractivity contribution in [3.05, 3.63) is 102 Å². The van der Waals surface area contributed by atoms with Crippen molar-refractivity contribution >= 4 is 0 Å². The molecule has 4 nitrogen and oxygen atoms in total. The van der Waals surface area contributed by atoms with Crippen molar-refractivity contribution in [2.75, 3.05) is 0 Å². The highest BCUT2D eigenvalue weighted by molar-refractivity contribution is 5.60. The standard InChI is InChI=1S/C24H18F2N4/c1-24(2,23-11-12-30(29-23)18-6-3-5-16(13-18)15-27)22-8-4-7-21(28-22)19-10-9-17(25)14-20(19)26/h3-14H,1-2H3. The van der Waals surface area contributed by atoms with Crippen LogP contribution in [0.3, 0.4) is 0 Å². The van der Waals surface area contributed by atoms with Gasteiger partial charge in [0.25, 0.3) is 0 Å². The van der Waals surface area contributed by atoms with Crippen LogP contribution in [0.1, 0.15) is 30.8 Å². The zero-order valence-corrected chi connectivity index (χ0v) is 16.5. The van der Waals surface area contributed by atoms with Gasteiger partial charge in [-0.1, -0.05) is 12.1 Å². The van der Waals surface area contributed by atoms with E-state index in [2.05, 4.69) is 16.2 Å². The summed E-state index contributed by atoms with van der Waals surface area (Å²) in [5, 5.41) is 13.8. The molecule has 0 aliphatic heterocycles. The number of hydrogen-bond donors (Lipinski definition) is 0. The van der Waals surface area contributed by atoms with Crippen LogP contribution in [-0.4, -0.2) is 14.8 Å². The monoisotopic (exact) mass is 400 g/mol. The number of pyridine rings is 1. The average Bonchev–Trinajstić information content (AvgIpc) is 3.25. The minimum absolute atomic E-state index is 0.243. The summed E-state index contributed by atoms with van der Waals surface area (Å²) in [6, 6.07) is 20.0. The Morgan fingerprint density at radius 3 is 2.50 bits per heavy atom. The number of rotatable bonds is 4. The SMILES string of the molecule is CC(C)(c1cccc(-c2ccc(F)cc2F)n1)c1ccn(-c2cccc(C#N)c2)n1. The fourth-order valence-electron chi connectivity index (χ4n) is 3.28. The summed E-state index contributed by atoms with van der Waals surface area (Å²) >= 11 is 0. The van der Waals surface area contributed by atoms with Gasteiger partial charge < -0.3 is 0 Å². The molecule has 2 aromatic carbocycles. The van der Waals surface area contributed by atoms with Gasteiger partial charge in [0, 0.05) is 17.8 Å². The summed E-state index contributed by atoms with van der Waals surface area (Å²) < 4.78 is 29.2. The highest BCUT2D eigenvalue weighted by Gasteiger charge is 2.28. The van der Waals surface area contributed by atoms with Crippen LogP contribution in [0.5, 0.6) is 0 Å². The zero-order valence-electron chi connectivity index (χ0n) is 16.5. The van der Waals surface area contributed by atoms with Gasteiger partial charge >= 0.3 is 0 Å². The van der Waals surface area contributed by atoms with E-state index in [1.807, 2.05) is 44.3 Å². The molecular formula is C24H18F2N4. The molecule has 0 unspecified atom stereocenters. The lowest BCUT2D eigenvalue weighted by Gasteiger charge is -2.22. The van der Waals surface area contributed by atoms with Gasteiger partial charge in [0.15, 0.2) is 0 Å². The Kier molecular flexibility index (Phi) is 4.88. The van der Waals surface area contributed by atoms with Crippen LogP contribution in [0.25, 0.3) is 16.9 Å². The van der Waals surface area contributed by atoms with Gasteiger partial charge in [0.2, 0.25) is 0 Å². The second-order valence-corrected chi connectivity index (χ2v) is 7.46. The fourth-order valence-corrected chi connectivity index (χ4v) is 3.28. The number of hydrogen-bond acceptors (Lipinski definition) is 3. The lowest BCUT2D eigenvalue weighted by Crippen LogP contribution is -2.22. The van der Waals surface area contributed by atoms with Crippen LogP contribution >= 0.6 is 0 Å². The van der Waals surface area contributed by atoms with Crippen molar-refractivity contribution in [3.8, 4) is 23.0 Å². The first kappa shape index (κ1) is 19.5. The van der Waals surface area contributed by atoms with Gasteiger partial charge in [0.1, 0.15) is 11.6 Å². The van der Waals surface area contributed by atoms with Gasteiger partial charge in [-0.2, -0.15) is 10.4 Å². The van der Waals surface area contributed by atoms with E-state index in [1.165, 1.54) is 12.1 Å². The first-order valence-electron chi connectivity index (χ1n) is 9.38. The smallest absolute Gasteiger partial charge is 0.135 e. The molecule has 2 heterocycles. The normalized spacial score (nSPS) is 11.3. The summed E-state index contributed by atoms with van der Waals surface area (Å²) in [5.74, 6) is -1.28. The number of halogens is 2. The van der Waals surface area contributed by atoms with Crippen molar-refractivity contribution in [1.82, 2.24) is 14.8 Å². The Bertz CT molecular complexity index is 1270. The second kappa shape index (κ2) is 7.53. The maximum absolute atomic E-state index is 14.2. The Balaban J connectivity index is 1.71. The van der Waals surface area contributed by atoms with Gasteiger partial charge in [-0.3, -0.25) is 4.98 Å². The number of nitriles is 1. The van der Waals surface area contributed by atoms with Gasteiger partial charge in [-0.15, -0.1) is 0 Å².